The number of hydrogen-bond donors (Lipinski definition) is 5. The van der Waals surface area contributed by atoms with E-state index in [2.05, 4.69) is 45.5 Å². The van der Waals surface area contributed by atoms with Gasteiger partial charge in [0.25, 0.3) is 0 Å². The number of nitrogens with two attached hydrogens (primary N) is 1. The lowest BCUT2D eigenvalue weighted by Crippen LogP contribution is -2.18. The zero-order valence-electron chi connectivity index (χ0n) is 17.5. The minimum absolute atomic E-state index is 0.756. The number of unbranched alkanes of at least 4 members (excludes halogenated alkanes) is 4. The smallest absolute Gasteiger partial charge is 0.0205 e. The maximum Gasteiger partial charge on any atom is 0.0205 e. The van der Waals surface area contributed by atoms with Gasteiger partial charge in [0.15, 0.2) is 0 Å². The summed E-state index contributed by atoms with van der Waals surface area (Å²) in [7, 11) is 2.02. The first kappa shape index (κ1) is 24.1. The third-order valence-corrected chi connectivity index (χ3v) is 4.73. The molecule has 0 radical (unpaired) electrons. The van der Waals surface area contributed by atoms with Crippen LogP contribution in [0.2, 0.25) is 0 Å². The quantitative estimate of drug-likeness (QED) is 0.239. The van der Waals surface area contributed by atoms with Gasteiger partial charge in [0.05, 0.1) is 0 Å². The highest BCUT2D eigenvalue weighted by Gasteiger charge is 1.96. The molecule has 0 saturated heterocycles. The molecule has 0 spiro atoms. The molecule has 0 aliphatic rings. The van der Waals surface area contributed by atoms with Crippen molar-refractivity contribution in [1.82, 2.24) is 21.3 Å². The standard InChI is InChI=1S/C22H43N5/c1-24-14-6-7-16-25-15-4-2-3-5-17-26-19-21-9-11-22(12-10-21)20-27-18-8-13-23/h9-12,24-27H,2-8,13-20,23H2,1H3. The monoisotopic (exact) mass is 377 g/mol. The summed E-state index contributed by atoms with van der Waals surface area (Å²) in [6, 6.07) is 8.90. The van der Waals surface area contributed by atoms with Gasteiger partial charge in [-0.1, -0.05) is 37.1 Å². The molecule has 0 aromatic heterocycles. The molecule has 0 saturated carbocycles. The average Bonchev–Trinajstić information content (AvgIpc) is 2.70. The van der Waals surface area contributed by atoms with E-state index >= 15 is 0 Å². The lowest BCUT2D eigenvalue weighted by Gasteiger charge is -2.08. The Morgan fingerprint density at radius 3 is 1.56 bits per heavy atom. The molecule has 0 aliphatic carbocycles. The third kappa shape index (κ3) is 14.7. The van der Waals surface area contributed by atoms with Crippen LogP contribution in [0.4, 0.5) is 0 Å². The van der Waals surface area contributed by atoms with Gasteiger partial charge in [0, 0.05) is 13.1 Å². The molecule has 1 rings (SSSR count). The van der Waals surface area contributed by atoms with E-state index in [0.717, 1.165) is 52.2 Å². The van der Waals surface area contributed by atoms with Crippen LogP contribution in [0.1, 0.15) is 56.1 Å². The minimum atomic E-state index is 0.756. The predicted molar refractivity (Wildman–Crippen MR) is 118 cm³/mol. The lowest BCUT2D eigenvalue weighted by atomic mass is 10.1. The fourth-order valence-electron chi connectivity index (χ4n) is 3.00. The van der Waals surface area contributed by atoms with Gasteiger partial charge in [0.1, 0.15) is 0 Å². The van der Waals surface area contributed by atoms with Crippen molar-refractivity contribution in [3.63, 3.8) is 0 Å². The van der Waals surface area contributed by atoms with Crippen LogP contribution in [0.15, 0.2) is 24.3 Å². The molecule has 27 heavy (non-hydrogen) atoms. The minimum Gasteiger partial charge on any atom is -0.330 e. The Hall–Kier alpha value is -0.980. The normalized spacial score (nSPS) is 11.2. The van der Waals surface area contributed by atoms with Crippen LogP contribution in [-0.4, -0.2) is 46.3 Å². The SMILES string of the molecule is CNCCCCNCCCCCCNCc1ccc(CNCCCN)cc1. The van der Waals surface area contributed by atoms with Crippen LogP contribution in [-0.2, 0) is 13.1 Å². The number of benzene rings is 1. The number of hydrogen-bond acceptors (Lipinski definition) is 5. The van der Waals surface area contributed by atoms with Crippen LogP contribution < -0.4 is 27.0 Å². The molecular formula is C22H43N5. The molecular weight excluding hydrogens is 334 g/mol. The van der Waals surface area contributed by atoms with Crippen molar-refractivity contribution >= 4 is 0 Å². The van der Waals surface area contributed by atoms with E-state index in [4.69, 9.17) is 5.73 Å². The number of rotatable bonds is 19. The van der Waals surface area contributed by atoms with E-state index in [9.17, 15) is 0 Å². The summed E-state index contributed by atoms with van der Waals surface area (Å²) in [6.45, 7) is 8.21. The van der Waals surface area contributed by atoms with Crippen molar-refractivity contribution in [1.29, 1.82) is 0 Å². The van der Waals surface area contributed by atoms with Crippen LogP contribution >= 0.6 is 0 Å². The largest absolute Gasteiger partial charge is 0.330 e. The molecule has 156 valence electrons. The Balaban J connectivity index is 1.89. The van der Waals surface area contributed by atoms with Crippen LogP contribution in [0.3, 0.4) is 0 Å². The van der Waals surface area contributed by atoms with E-state index < -0.39 is 0 Å². The van der Waals surface area contributed by atoms with Gasteiger partial charge in [-0.05, 0) is 89.5 Å². The maximum atomic E-state index is 5.50. The molecule has 5 nitrogen and oxygen atoms in total. The third-order valence-electron chi connectivity index (χ3n) is 4.73. The zero-order chi connectivity index (χ0) is 19.4. The number of nitrogens with one attached hydrogen (secondary N) is 4. The van der Waals surface area contributed by atoms with Gasteiger partial charge in [-0.2, -0.15) is 0 Å². The van der Waals surface area contributed by atoms with E-state index in [-0.39, 0.29) is 0 Å². The second-order valence-corrected chi connectivity index (χ2v) is 7.29. The Bertz CT molecular complexity index is 421. The Kier molecular flexibility index (Phi) is 16.4. The first-order chi connectivity index (χ1) is 13.4. The van der Waals surface area contributed by atoms with E-state index in [1.807, 2.05) is 7.05 Å². The topological polar surface area (TPSA) is 74.1 Å². The van der Waals surface area contributed by atoms with Crippen LogP contribution in [0, 0.1) is 0 Å². The van der Waals surface area contributed by atoms with E-state index in [1.165, 1.54) is 56.2 Å². The van der Waals surface area contributed by atoms with Gasteiger partial charge in [-0.25, -0.2) is 0 Å². The molecule has 5 heteroatoms. The van der Waals surface area contributed by atoms with Crippen LogP contribution in [0.5, 0.6) is 0 Å². The van der Waals surface area contributed by atoms with Crippen molar-refractivity contribution in [2.24, 2.45) is 5.73 Å². The Morgan fingerprint density at radius 1 is 0.593 bits per heavy atom. The van der Waals surface area contributed by atoms with Crippen molar-refractivity contribution in [2.75, 3.05) is 46.3 Å². The summed E-state index contributed by atoms with van der Waals surface area (Å²) < 4.78 is 0. The summed E-state index contributed by atoms with van der Waals surface area (Å²) >= 11 is 0. The summed E-state index contributed by atoms with van der Waals surface area (Å²) in [5.74, 6) is 0. The van der Waals surface area contributed by atoms with E-state index in [1.54, 1.807) is 0 Å². The zero-order valence-corrected chi connectivity index (χ0v) is 17.5. The van der Waals surface area contributed by atoms with Gasteiger partial charge < -0.3 is 27.0 Å². The first-order valence-electron chi connectivity index (χ1n) is 10.9. The highest BCUT2D eigenvalue weighted by molar-refractivity contribution is 5.22. The van der Waals surface area contributed by atoms with Gasteiger partial charge in [-0.3, -0.25) is 0 Å². The van der Waals surface area contributed by atoms with Crippen molar-refractivity contribution in [3.05, 3.63) is 35.4 Å². The average molecular weight is 378 g/mol. The summed E-state index contributed by atoms with van der Waals surface area (Å²) in [6.07, 6.45) is 8.80. The highest BCUT2D eigenvalue weighted by Crippen LogP contribution is 2.05. The second kappa shape index (κ2) is 18.4. The van der Waals surface area contributed by atoms with Crippen molar-refractivity contribution in [2.45, 2.75) is 58.0 Å². The van der Waals surface area contributed by atoms with Crippen molar-refractivity contribution in [3.8, 4) is 0 Å². The first-order valence-corrected chi connectivity index (χ1v) is 10.9. The molecule has 0 bridgehead atoms. The molecule has 6 N–H and O–H groups in total. The maximum absolute atomic E-state index is 5.50. The van der Waals surface area contributed by atoms with E-state index in [0.29, 0.717) is 0 Å². The van der Waals surface area contributed by atoms with Crippen LogP contribution in [0.25, 0.3) is 0 Å². The molecule has 1 aromatic rings. The second-order valence-electron chi connectivity index (χ2n) is 7.29. The summed E-state index contributed by atoms with van der Waals surface area (Å²) in [5.41, 5.74) is 8.20. The molecule has 0 atom stereocenters. The molecule has 0 amide bonds. The van der Waals surface area contributed by atoms with Gasteiger partial charge >= 0.3 is 0 Å². The molecule has 1 aromatic carbocycles. The predicted octanol–water partition coefficient (Wildman–Crippen LogP) is 2.36. The summed E-state index contributed by atoms with van der Waals surface area (Å²) in [5, 5.41) is 13.7. The molecule has 0 heterocycles. The van der Waals surface area contributed by atoms with Crippen molar-refractivity contribution < 1.29 is 0 Å². The van der Waals surface area contributed by atoms with Gasteiger partial charge in [-0.15, -0.1) is 0 Å². The Labute approximate surface area is 167 Å². The van der Waals surface area contributed by atoms with Gasteiger partial charge in [0.2, 0.25) is 0 Å². The fourth-order valence-corrected chi connectivity index (χ4v) is 3.00. The molecule has 0 aliphatic heterocycles. The molecule has 0 fully saturated rings. The summed E-state index contributed by atoms with van der Waals surface area (Å²) in [4.78, 5) is 0. The highest BCUT2D eigenvalue weighted by atomic mass is 14.9. The fraction of sp³-hybridized carbons (Fsp3) is 0.727. The Morgan fingerprint density at radius 2 is 1.04 bits per heavy atom. The lowest BCUT2D eigenvalue weighted by molar-refractivity contribution is 0.550. The molecule has 0 unspecified atom stereocenters.